The van der Waals surface area contributed by atoms with Gasteiger partial charge in [0.15, 0.2) is 0 Å². The molecule has 6 rings (SSSR count). The van der Waals surface area contributed by atoms with Gasteiger partial charge >= 0.3 is 6.03 Å². The van der Waals surface area contributed by atoms with Crippen LogP contribution in [0.2, 0.25) is 0 Å². The van der Waals surface area contributed by atoms with Gasteiger partial charge in [0.05, 0.1) is 28.6 Å². The zero-order valence-electron chi connectivity index (χ0n) is 20.7. The summed E-state index contributed by atoms with van der Waals surface area (Å²) in [6.07, 6.45) is 3.88. The number of rotatable bonds is 3. The van der Waals surface area contributed by atoms with Crippen molar-refractivity contribution in [1.82, 2.24) is 34.8 Å². The minimum Gasteiger partial charge on any atom is -0.330 e. The number of pyridine rings is 1. The summed E-state index contributed by atoms with van der Waals surface area (Å²) in [5, 5.41) is 13.7. The molecule has 5 heterocycles. The van der Waals surface area contributed by atoms with E-state index in [1.54, 1.807) is 0 Å². The highest BCUT2D eigenvalue weighted by Crippen LogP contribution is 2.44. The number of likely N-dealkylation sites (tertiary alicyclic amines) is 1. The second-order valence-corrected chi connectivity index (χ2v) is 10.1. The molecule has 2 aliphatic heterocycles. The predicted octanol–water partition coefficient (Wildman–Crippen LogP) is 4.27. The van der Waals surface area contributed by atoms with Crippen molar-refractivity contribution >= 4 is 16.9 Å². The smallest absolute Gasteiger partial charge is 0.317 e. The number of carbonyl (C=O) groups excluding carboxylic acids is 1. The van der Waals surface area contributed by atoms with Gasteiger partial charge in [0.25, 0.3) is 0 Å². The van der Waals surface area contributed by atoms with Crippen LogP contribution in [0.25, 0.3) is 22.2 Å². The number of aromatic nitrogens is 5. The van der Waals surface area contributed by atoms with Crippen LogP contribution in [0.15, 0.2) is 42.6 Å². The van der Waals surface area contributed by atoms with Crippen molar-refractivity contribution < 1.29 is 4.79 Å². The first-order valence-electron chi connectivity index (χ1n) is 12.3. The molecule has 0 bridgehead atoms. The van der Waals surface area contributed by atoms with Gasteiger partial charge in [-0.05, 0) is 57.4 Å². The summed E-state index contributed by atoms with van der Waals surface area (Å²) in [4.78, 5) is 19.8. The lowest BCUT2D eigenvalue weighted by Crippen LogP contribution is -2.41. The second kappa shape index (κ2) is 7.93. The van der Waals surface area contributed by atoms with E-state index in [0.29, 0.717) is 0 Å². The van der Waals surface area contributed by atoms with Crippen LogP contribution in [0, 0.1) is 13.8 Å². The van der Waals surface area contributed by atoms with Crippen LogP contribution in [0.5, 0.6) is 0 Å². The largest absolute Gasteiger partial charge is 0.330 e. The lowest BCUT2D eigenvalue weighted by atomic mass is 9.82. The summed E-state index contributed by atoms with van der Waals surface area (Å²) in [5.41, 5.74) is 7.37. The maximum absolute atomic E-state index is 13.2. The molecule has 0 saturated carbocycles. The molecular formula is C27H31N7O. The Bertz CT molecular complexity index is 1450. The molecule has 3 aromatic heterocycles. The lowest BCUT2D eigenvalue weighted by Gasteiger charge is -2.25. The van der Waals surface area contributed by atoms with Gasteiger partial charge in [0.1, 0.15) is 0 Å². The zero-order valence-corrected chi connectivity index (χ0v) is 20.7. The third kappa shape index (κ3) is 3.50. The third-order valence-corrected chi connectivity index (χ3v) is 7.98. The number of amides is 2. The molecule has 2 atom stereocenters. The lowest BCUT2D eigenvalue weighted by molar-refractivity contribution is 0.201. The summed E-state index contributed by atoms with van der Waals surface area (Å²) in [5.74, 6) is 0. The highest BCUT2D eigenvalue weighted by Gasteiger charge is 2.47. The quantitative estimate of drug-likeness (QED) is 0.486. The van der Waals surface area contributed by atoms with Crippen LogP contribution in [-0.2, 0) is 19.0 Å². The number of benzene rings is 1. The van der Waals surface area contributed by atoms with Crippen molar-refractivity contribution in [2.75, 3.05) is 13.1 Å². The Balaban J connectivity index is 1.21. The van der Waals surface area contributed by atoms with E-state index in [2.05, 4.69) is 45.2 Å². The molecule has 8 heteroatoms. The fourth-order valence-electron chi connectivity index (χ4n) is 6.00. The fourth-order valence-corrected chi connectivity index (χ4v) is 6.00. The van der Waals surface area contributed by atoms with Crippen LogP contribution in [0.1, 0.15) is 48.5 Å². The monoisotopic (exact) mass is 469 g/mol. The molecule has 2 unspecified atom stereocenters. The maximum Gasteiger partial charge on any atom is 0.317 e. The predicted molar refractivity (Wildman–Crippen MR) is 135 cm³/mol. The van der Waals surface area contributed by atoms with Crippen molar-refractivity contribution in [1.29, 1.82) is 0 Å². The Labute approximate surface area is 205 Å². The van der Waals surface area contributed by atoms with E-state index in [-0.39, 0.29) is 17.5 Å². The molecule has 1 aromatic carbocycles. The first-order chi connectivity index (χ1) is 16.8. The van der Waals surface area contributed by atoms with Gasteiger partial charge < -0.3 is 10.2 Å². The van der Waals surface area contributed by atoms with E-state index >= 15 is 0 Å². The Kier molecular flexibility index (Phi) is 4.95. The number of hydrogen-bond acceptors (Lipinski definition) is 4. The molecular weight excluding hydrogens is 438 g/mol. The molecule has 8 nitrogen and oxygen atoms in total. The summed E-state index contributed by atoms with van der Waals surface area (Å²) in [6.45, 7) is 8.45. The van der Waals surface area contributed by atoms with Crippen LogP contribution in [-0.4, -0.2) is 48.6 Å². The fraction of sp³-hybridized carbons (Fsp3) is 0.407. The van der Waals surface area contributed by atoms with Crippen LogP contribution in [0.3, 0.4) is 0 Å². The average molecular weight is 470 g/mol. The normalized spacial score (nSPS) is 20.1. The van der Waals surface area contributed by atoms with Crippen molar-refractivity contribution in [3.8, 4) is 11.3 Å². The van der Waals surface area contributed by atoms with Gasteiger partial charge in [-0.2, -0.15) is 10.2 Å². The second-order valence-electron chi connectivity index (χ2n) is 10.1. The number of urea groups is 1. The Morgan fingerprint density at radius 2 is 1.91 bits per heavy atom. The van der Waals surface area contributed by atoms with Crippen LogP contribution in [0.4, 0.5) is 4.79 Å². The molecule has 1 N–H and O–H groups in total. The molecule has 0 radical (unpaired) electrons. The first-order valence-corrected chi connectivity index (χ1v) is 12.3. The van der Waals surface area contributed by atoms with Crippen molar-refractivity contribution in [3.63, 3.8) is 0 Å². The van der Waals surface area contributed by atoms with Gasteiger partial charge in [0.2, 0.25) is 0 Å². The van der Waals surface area contributed by atoms with Crippen molar-refractivity contribution in [2.24, 2.45) is 7.05 Å². The highest BCUT2D eigenvalue weighted by molar-refractivity contribution is 5.83. The van der Waals surface area contributed by atoms with Gasteiger partial charge in [-0.15, -0.1) is 0 Å². The Hall–Kier alpha value is -3.68. The van der Waals surface area contributed by atoms with E-state index in [0.717, 1.165) is 71.6 Å². The number of nitrogens with one attached hydrogen (secondary N) is 1. The Morgan fingerprint density at radius 1 is 1.11 bits per heavy atom. The van der Waals surface area contributed by atoms with E-state index in [4.69, 9.17) is 5.10 Å². The SMILES string of the molecule is Cc1nn(C)c(C(C)NC(=O)N2CCC3(CCn4nc(-c5cnc6ccccc6c5)cc43)C2)c1C. The minimum atomic E-state index is -0.105. The van der Waals surface area contributed by atoms with E-state index in [1.807, 2.05) is 54.9 Å². The molecule has 35 heavy (non-hydrogen) atoms. The van der Waals surface area contributed by atoms with Gasteiger partial charge in [-0.3, -0.25) is 14.3 Å². The highest BCUT2D eigenvalue weighted by atomic mass is 16.2. The van der Waals surface area contributed by atoms with Crippen LogP contribution >= 0.6 is 0 Å². The molecule has 1 saturated heterocycles. The molecule has 180 valence electrons. The van der Waals surface area contributed by atoms with E-state index in [1.165, 1.54) is 5.69 Å². The molecule has 4 aromatic rings. The summed E-state index contributed by atoms with van der Waals surface area (Å²) in [6, 6.07) is 12.4. The van der Waals surface area contributed by atoms with Gasteiger partial charge in [-0.1, -0.05) is 18.2 Å². The average Bonchev–Trinajstić information content (AvgIpc) is 3.59. The Morgan fingerprint density at radius 3 is 2.71 bits per heavy atom. The number of fused-ring (bicyclic) bond motifs is 3. The summed E-state index contributed by atoms with van der Waals surface area (Å²) in [7, 11) is 1.94. The number of hydrogen-bond donors (Lipinski definition) is 1. The number of aryl methyl sites for hydroxylation is 3. The topological polar surface area (TPSA) is 80.9 Å². The molecule has 2 aliphatic rings. The molecule has 2 amide bonds. The van der Waals surface area contributed by atoms with E-state index in [9.17, 15) is 4.79 Å². The molecule has 1 fully saturated rings. The van der Waals surface area contributed by atoms with Crippen molar-refractivity contribution in [3.05, 3.63) is 65.2 Å². The maximum atomic E-state index is 13.2. The molecule has 0 aliphatic carbocycles. The van der Waals surface area contributed by atoms with E-state index < -0.39 is 0 Å². The minimum absolute atomic E-state index is 0.00968. The third-order valence-electron chi connectivity index (χ3n) is 7.98. The number of nitrogens with zero attached hydrogens (tertiary/aromatic N) is 6. The van der Waals surface area contributed by atoms with Crippen LogP contribution < -0.4 is 5.32 Å². The van der Waals surface area contributed by atoms with Gasteiger partial charge in [0, 0.05) is 54.9 Å². The van der Waals surface area contributed by atoms with Gasteiger partial charge in [-0.25, -0.2) is 4.79 Å². The number of para-hydroxylation sites is 1. The standard InChI is InChI=1S/C27H31N7O/c1-17-18(2)30-32(4)25(17)19(3)29-26(35)33-11-9-27(16-33)10-12-34-24(27)14-23(31-34)21-13-20-7-5-6-8-22(20)28-15-21/h5-8,13-15,19H,9-12,16H2,1-4H3,(H,29,35). The number of carbonyl (C=O) groups is 1. The summed E-state index contributed by atoms with van der Waals surface area (Å²) >= 11 is 0. The van der Waals surface area contributed by atoms with Crippen molar-refractivity contribution in [2.45, 2.75) is 51.6 Å². The zero-order chi connectivity index (χ0) is 24.3. The molecule has 1 spiro atoms. The first kappa shape index (κ1) is 21.8. The summed E-state index contributed by atoms with van der Waals surface area (Å²) < 4.78 is 4.01.